The minimum Gasteiger partial charge on any atom is -0.507 e. The van der Waals surface area contributed by atoms with Crippen molar-refractivity contribution >= 4 is 34.7 Å². The number of para-hydroxylation sites is 1. The molecule has 0 aromatic heterocycles. The molecule has 2 aromatic rings. The highest BCUT2D eigenvalue weighted by Gasteiger charge is 2.14. The van der Waals surface area contributed by atoms with Gasteiger partial charge in [-0.25, -0.2) is 0 Å². The minimum absolute atomic E-state index is 0.269. The van der Waals surface area contributed by atoms with Crippen LogP contribution in [-0.2, 0) is 9.59 Å². The lowest BCUT2D eigenvalue weighted by Crippen LogP contribution is -2.21. The Hall–Kier alpha value is -2.59. The number of rotatable bonds is 4. The van der Waals surface area contributed by atoms with Gasteiger partial charge in [0.1, 0.15) is 5.76 Å². The highest BCUT2D eigenvalue weighted by atomic mass is 35.5. The standard InChI is InChI=1S/C16H12ClNO3/c17-12-8-4-5-9-13(12)18-16(21)15(20)10-14(19)11-6-2-1-3-7-11/h1-10,19H,(H,18,21)/b14-10-. The summed E-state index contributed by atoms with van der Waals surface area (Å²) < 4.78 is 0. The normalized spacial score (nSPS) is 11.0. The second-order valence-electron chi connectivity index (χ2n) is 4.19. The zero-order chi connectivity index (χ0) is 15.2. The number of aliphatic hydroxyl groups is 1. The van der Waals surface area contributed by atoms with Crippen LogP contribution in [0.15, 0.2) is 60.7 Å². The van der Waals surface area contributed by atoms with Crippen molar-refractivity contribution in [2.45, 2.75) is 0 Å². The molecule has 0 unspecified atom stereocenters. The summed E-state index contributed by atoms with van der Waals surface area (Å²) in [6.07, 6.45) is 0.876. The van der Waals surface area contributed by atoms with Gasteiger partial charge in [0.15, 0.2) is 0 Å². The summed E-state index contributed by atoms with van der Waals surface area (Å²) in [6, 6.07) is 15.0. The summed E-state index contributed by atoms with van der Waals surface area (Å²) in [5.41, 5.74) is 0.793. The largest absolute Gasteiger partial charge is 0.507 e. The van der Waals surface area contributed by atoms with Gasteiger partial charge in [0.25, 0.3) is 5.91 Å². The first-order valence-corrected chi connectivity index (χ1v) is 6.51. The molecule has 2 N–H and O–H groups in total. The van der Waals surface area contributed by atoms with Gasteiger partial charge in [0.2, 0.25) is 5.78 Å². The van der Waals surface area contributed by atoms with E-state index in [9.17, 15) is 14.7 Å². The molecule has 0 bridgehead atoms. The molecule has 0 saturated carbocycles. The zero-order valence-corrected chi connectivity index (χ0v) is 11.7. The quantitative estimate of drug-likeness (QED) is 0.516. The summed E-state index contributed by atoms with van der Waals surface area (Å²) in [5.74, 6) is -2.00. The van der Waals surface area contributed by atoms with Crippen molar-refractivity contribution in [3.05, 3.63) is 71.3 Å². The predicted molar refractivity (Wildman–Crippen MR) is 82.1 cm³/mol. The first-order chi connectivity index (χ1) is 10.1. The van der Waals surface area contributed by atoms with Gasteiger partial charge in [0, 0.05) is 11.6 Å². The fourth-order valence-corrected chi connectivity index (χ4v) is 1.81. The summed E-state index contributed by atoms with van der Waals surface area (Å²) in [7, 11) is 0. The molecule has 0 aliphatic carbocycles. The molecule has 0 heterocycles. The molecule has 5 heteroatoms. The zero-order valence-electron chi connectivity index (χ0n) is 10.9. The fourth-order valence-electron chi connectivity index (χ4n) is 1.63. The van der Waals surface area contributed by atoms with Crippen LogP contribution in [0.5, 0.6) is 0 Å². The van der Waals surface area contributed by atoms with Crippen LogP contribution in [0.1, 0.15) is 5.56 Å². The molecule has 0 fully saturated rings. The van der Waals surface area contributed by atoms with E-state index in [-0.39, 0.29) is 5.76 Å². The van der Waals surface area contributed by atoms with Crippen molar-refractivity contribution in [3.8, 4) is 0 Å². The van der Waals surface area contributed by atoms with Crippen LogP contribution < -0.4 is 5.32 Å². The number of hydrogen-bond acceptors (Lipinski definition) is 3. The summed E-state index contributed by atoms with van der Waals surface area (Å²) in [5, 5.41) is 12.5. The van der Waals surface area contributed by atoms with Crippen LogP contribution in [0.4, 0.5) is 5.69 Å². The van der Waals surface area contributed by atoms with Crippen LogP contribution in [0.25, 0.3) is 5.76 Å². The van der Waals surface area contributed by atoms with Crippen LogP contribution in [0.3, 0.4) is 0 Å². The van der Waals surface area contributed by atoms with E-state index in [1.807, 2.05) is 0 Å². The first kappa shape index (κ1) is 14.8. The number of anilines is 1. The Balaban J connectivity index is 2.10. The van der Waals surface area contributed by atoms with Crippen LogP contribution in [-0.4, -0.2) is 16.8 Å². The van der Waals surface area contributed by atoms with E-state index < -0.39 is 11.7 Å². The predicted octanol–water partition coefficient (Wildman–Crippen LogP) is 3.45. The third kappa shape index (κ3) is 3.94. The van der Waals surface area contributed by atoms with Crippen molar-refractivity contribution < 1.29 is 14.7 Å². The molecule has 0 aliphatic heterocycles. The number of nitrogens with one attached hydrogen (secondary N) is 1. The van der Waals surface area contributed by atoms with E-state index in [2.05, 4.69) is 5.32 Å². The Labute approximate surface area is 126 Å². The van der Waals surface area contributed by atoms with E-state index in [1.165, 1.54) is 0 Å². The second-order valence-corrected chi connectivity index (χ2v) is 4.60. The molecule has 0 saturated heterocycles. The Morgan fingerprint density at radius 1 is 1.00 bits per heavy atom. The molecule has 2 aromatic carbocycles. The topological polar surface area (TPSA) is 66.4 Å². The molecule has 0 radical (unpaired) electrons. The molecular weight excluding hydrogens is 290 g/mol. The van der Waals surface area contributed by atoms with Gasteiger partial charge in [-0.1, -0.05) is 54.1 Å². The molecule has 21 heavy (non-hydrogen) atoms. The Kier molecular flexibility index (Phi) is 4.74. The number of ketones is 1. The average molecular weight is 302 g/mol. The number of aliphatic hydroxyl groups excluding tert-OH is 1. The van der Waals surface area contributed by atoms with E-state index >= 15 is 0 Å². The van der Waals surface area contributed by atoms with Gasteiger partial charge >= 0.3 is 0 Å². The highest BCUT2D eigenvalue weighted by Crippen LogP contribution is 2.20. The number of hydrogen-bond donors (Lipinski definition) is 2. The minimum atomic E-state index is -0.870. The fraction of sp³-hybridized carbons (Fsp3) is 0. The van der Waals surface area contributed by atoms with Crippen LogP contribution in [0, 0.1) is 0 Å². The summed E-state index contributed by atoms with van der Waals surface area (Å²) in [4.78, 5) is 23.5. The van der Waals surface area contributed by atoms with E-state index in [1.54, 1.807) is 54.6 Å². The summed E-state index contributed by atoms with van der Waals surface area (Å²) in [6.45, 7) is 0. The van der Waals surface area contributed by atoms with E-state index in [0.717, 1.165) is 6.08 Å². The van der Waals surface area contributed by atoms with Gasteiger partial charge in [-0.05, 0) is 12.1 Å². The Morgan fingerprint density at radius 3 is 2.29 bits per heavy atom. The van der Waals surface area contributed by atoms with Gasteiger partial charge in [-0.2, -0.15) is 0 Å². The van der Waals surface area contributed by atoms with Crippen molar-refractivity contribution in [1.29, 1.82) is 0 Å². The van der Waals surface area contributed by atoms with Crippen molar-refractivity contribution in [1.82, 2.24) is 0 Å². The van der Waals surface area contributed by atoms with Gasteiger partial charge in [-0.3, -0.25) is 9.59 Å². The van der Waals surface area contributed by atoms with Crippen molar-refractivity contribution in [2.24, 2.45) is 0 Å². The highest BCUT2D eigenvalue weighted by molar-refractivity contribution is 6.46. The van der Waals surface area contributed by atoms with Gasteiger partial charge in [-0.15, -0.1) is 0 Å². The maximum absolute atomic E-state index is 11.8. The van der Waals surface area contributed by atoms with Crippen LogP contribution in [0.2, 0.25) is 5.02 Å². The molecule has 2 rings (SSSR count). The first-order valence-electron chi connectivity index (χ1n) is 6.14. The lowest BCUT2D eigenvalue weighted by molar-refractivity contribution is -0.131. The third-order valence-corrected chi connectivity index (χ3v) is 3.01. The number of carbonyl (C=O) groups excluding carboxylic acids is 2. The molecular formula is C16H12ClNO3. The molecule has 106 valence electrons. The number of halogens is 1. The molecule has 0 atom stereocenters. The lowest BCUT2D eigenvalue weighted by atomic mass is 10.1. The van der Waals surface area contributed by atoms with Crippen molar-refractivity contribution in [2.75, 3.05) is 5.32 Å². The summed E-state index contributed by atoms with van der Waals surface area (Å²) >= 11 is 5.88. The lowest BCUT2D eigenvalue weighted by Gasteiger charge is -2.05. The van der Waals surface area contributed by atoms with Crippen LogP contribution >= 0.6 is 11.6 Å². The molecule has 1 amide bonds. The van der Waals surface area contributed by atoms with E-state index in [4.69, 9.17) is 11.6 Å². The third-order valence-electron chi connectivity index (χ3n) is 2.68. The molecule has 0 spiro atoms. The second kappa shape index (κ2) is 6.72. The Morgan fingerprint density at radius 2 is 1.62 bits per heavy atom. The molecule has 0 aliphatic rings. The maximum atomic E-state index is 11.8. The van der Waals surface area contributed by atoms with Crippen molar-refractivity contribution in [3.63, 3.8) is 0 Å². The number of benzene rings is 2. The van der Waals surface area contributed by atoms with E-state index in [0.29, 0.717) is 16.3 Å². The number of carbonyl (C=O) groups is 2. The van der Waals surface area contributed by atoms with Gasteiger partial charge in [0.05, 0.1) is 10.7 Å². The average Bonchev–Trinajstić information content (AvgIpc) is 2.50. The number of amides is 1. The molecule has 4 nitrogen and oxygen atoms in total. The monoisotopic (exact) mass is 301 g/mol. The Bertz CT molecular complexity index is 696. The smallest absolute Gasteiger partial charge is 0.296 e. The van der Waals surface area contributed by atoms with Gasteiger partial charge < -0.3 is 10.4 Å². The SMILES string of the molecule is O=C(/C=C(\O)c1ccccc1)C(=O)Nc1ccccc1Cl. The maximum Gasteiger partial charge on any atom is 0.296 e.